The van der Waals surface area contributed by atoms with Crippen molar-refractivity contribution in [1.82, 2.24) is 10.2 Å². The Morgan fingerprint density at radius 3 is 2.49 bits per heavy atom. The fraction of sp³-hybridized carbons (Fsp3) is 0.323. The van der Waals surface area contributed by atoms with Gasteiger partial charge in [0.15, 0.2) is 17.4 Å². The minimum atomic E-state index is -1.31. The smallest absolute Gasteiger partial charge is 0.251 e. The molecule has 0 saturated heterocycles. The Balaban J connectivity index is 1.26. The molecule has 0 atom stereocenters. The molecule has 3 aromatic rings. The number of nitrogens with one attached hydrogen (secondary N) is 1. The van der Waals surface area contributed by atoms with E-state index in [-0.39, 0.29) is 18.6 Å². The predicted molar refractivity (Wildman–Crippen MR) is 146 cm³/mol. The number of hydrogen-bond donors (Lipinski definition) is 1. The third-order valence-electron chi connectivity index (χ3n) is 7.18. The first kappa shape index (κ1) is 27.3. The fourth-order valence-electron chi connectivity index (χ4n) is 4.91. The van der Waals surface area contributed by atoms with Crippen molar-refractivity contribution in [2.24, 2.45) is 0 Å². The van der Waals surface area contributed by atoms with Gasteiger partial charge >= 0.3 is 0 Å². The summed E-state index contributed by atoms with van der Waals surface area (Å²) in [5, 5.41) is 4.02. The van der Waals surface area contributed by atoms with Crippen molar-refractivity contribution in [3.05, 3.63) is 105 Å². The average molecular weight is 555 g/mol. The van der Waals surface area contributed by atoms with Crippen LogP contribution in [0.4, 0.5) is 13.2 Å². The van der Waals surface area contributed by atoms with Gasteiger partial charge in [0, 0.05) is 29.7 Å². The van der Waals surface area contributed by atoms with Crippen molar-refractivity contribution in [1.29, 1.82) is 0 Å². The highest BCUT2D eigenvalue weighted by Gasteiger charge is 2.35. The van der Waals surface area contributed by atoms with Crippen LogP contribution in [-0.2, 0) is 17.8 Å². The Hall–Kier alpha value is -3.29. The van der Waals surface area contributed by atoms with Gasteiger partial charge in [0.05, 0.1) is 6.61 Å². The maximum atomic E-state index is 13.8. The van der Waals surface area contributed by atoms with Crippen molar-refractivity contribution in [3.63, 3.8) is 0 Å². The maximum Gasteiger partial charge on any atom is 0.251 e. The quantitative estimate of drug-likeness (QED) is 0.224. The number of halogens is 4. The molecule has 1 aliphatic carbocycles. The lowest BCUT2D eigenvalue weighted by atomic mass is 9.92. The Morgan fingerprint density at radius 2 is 1.74 bits per heavy atom. The number of hydrogen-bond acceptors (Lipinski definition) is 3. The first-order chi connectivity index (χ1) is 18.9. The zero-order valence-electron chi connectivity index (χ0n) is 21.5. The molecule has 204 valence electrons. The van der Waals surface area contributed by atoms with Crippen LogP contribution in [0, 0.1) is 17.5 Å². The third kappa shape index (κ3) is 6.48. The molecule has 1 saturated carbocycles. The number of amides is 1. The summed E-state index contributed by atoms with van der Waals surface area (Å²) in [4.78, 5) is 15.8. The summed E-state index contributed by atoms with van der Waals surface area (Å²) in [5.74, 6) is -4.01. The standard InChI is InChI=1S/C31H30ClF3N2O2/c32-26-6-2-1-5-22(26)19-37(23-11-12-23)31(38)25-18-36-16-15-24(25)21-9-7-20(8-10-21)4-3-17-39-30-28(34)14-13-27(33)29(30)35/h1-2,5-10,13-14,23,36H,3-4,11-12,15-19H2. The highest BCUT2D eigenvalue weighted by atomic mass is 35.5. The van der Waals surface area contributed by atoms with E-state index in [0.717, 1.165) is 65.8 Å². The van der Waals surface area contributed by atoms with Crippen LogP contribution in [0.25, 0.3) is 5.57 Å². The second kappa shape index (κ2) is 12.3. The Labute approximate surface area is 231 Å². The molecule has 0 aromatic heterocycles. The lowest BCUT2D eigenvalue weighted by Gasteiger charge is -2.28. The van der Waals surface area contributed by atoms with E-state index in [9.17, 15) is 18.0 Å². The van der Waals surface area contributed by atoms with E-state index in [1.54, 1.807) is 0 Å². The van der Waals surface area contributed by atoms with Crippen LogP contribution in [0.3, 0.4) is 0 Å². The summed E-state index contributed by atoms with van der Waals surface area (Å²) < 4.78 is 46.0. The zero-order valence-corrected chi connectivity index (χ0v) is 22.2. The van der Waals surface area contributed by atoms with Gasteiger partial charge < -0.3 is 15.0 Å². The van der Waals surface area contributed by atoms with Gasteiger partial charge in [-0.1, -0.05) is 54.1 Å². The second-order valence-electron chi connectivity index (χ2n) is 9.96. The number of rotatable bonds is 10. The number of benzene rings is 3. The van der Waals surface area contributed by atoms with E-state index >= 15 is 0 Å². The van der Waals surface area contributed by atoms with Crippen molar-refractivity contribution in [2.75, 3.05) is 19.7 Å². The van der Waals surface area contributed by atoms with Gasteiger partial charge in [-0.25, -0.2) is 8.78 Å². The normalized spacial score (nSPS) is 15.4. The molecule has 5 rings (SSSR count). The number of carbonyl (C=O) groups is 1. The van der Waals surface area contributed by atoms with Gasteiger partial charge in [-0.15, -0.1) is 0 Å². The summed E-state index contributed by atoms with van der Waals surface area (Å²) in [5.41, 5.74) is 4.83. The number of carbonyl (C=O) groups excluding carboxylic acids is 1. The summed E-state index contributed by atoms with van der Waals surface area (Å²) in [6.45, 7) is 1.86. The van der Waals surface area contributed by atoms with Crippen LogP contribution in [-0.4, -0.2) is 36.5 Å². The molecule has 1 amide bonds. The summed E-state index contributed by atoms with van der Waals surface area (Å²) in [6.07, 6.45) is 3.89. The molecule has 1 aliphatic heterocycles. The van der Waals surface area contributed by atoms with Crippen LogP contribution < -0.4 is 10.1 Å². The monoisotopic (exact) mass is 554 g/mol. The molecule has 3 aromatic carbocycles. The minimum absolute atomic E-state index is 0.0525. The molecule has 0 radical (unpaired) electrons. The highest BCUT2D eigenvalue weighted by Crippen LogP contribution is 2.34. The number of ether oxygens (including phenoxy) is 1. The predicted octanol–water partition coefficient (Wildman–Crippen LogP) is 6.71. The van der Waals surface area contributed by atoms with Gasteiger partial charge in [-0.05, 0) is 79.1 Å². The molecule has 4 nitrogen and oxygen atoms in total. The molecule has 0 spiro atoms. The van der Waals surface area contributed by atoms with Gasteiger partial charge in [-0.2, -0.15) is 4.39 Å². The molecule has 1 heterocycles. The topological polar surface area (TPSA) is 41.6 Å². The summed E-state index contributed by atoms with van der Waals surface area (Å²) in [6, 6.07) is 17.5. The van der Waals surface area contributed by atoms with E-state index in [4.69, 9.17) is 16.3 Å². The van der Waals surface area contributed by atoms with E-state index in [1.807, 2.05) is 53.4 Å². The van der Waals surface area contributed by atoms with E-state index in [2.05, 4.69) is 5.32 Å². The first-order valence-electron chi connectivity index (χ1n) is 13.2. The Morgan fingerprint density at radius 1 is 1.00 bits per heavy atom. The van der Waals surface area contributed by atoms with Crippen LogP contribution in [0.1, 0.15) is 42.4 Å². The van der Waals surface area contributed by atoms with E-state index < -0.39 is 23.2 Å². The fourth-order valence-corrected chi connectivity index (χ4v) is 5.10. The molecule has 0 unspecified atom stereocenters. The van der Waals surface area contributed by atoms with Gasteiger partial charge in [0.1, 0.15) is 0 Å². The third-order valence-corrected chi connectivity index (χ3v) is 7.55. The Bertz CT molecular complexity index is 1370. The van der Waals surface area contributed by atoms with Gasteiger partial charge in [0.2, 0.25) is 5.82 Å². The van der Waals surface area contributed by atoms with Crippen molar-refractivity contribution in [3.8, 4) is 5.75 Å². The lowest BCUT2D eigenvalue weighted by Crippen LogP contribution is -2.39. The largest absolute Gasteiger partial charge is 0.488 e. The molecule has 8 heteroatoms. The molecule has 1 fully saturated rings. The molecular formula is C31H30ClF3N2O2. The highest BCUT2D eigenvalue weighted by molar-refractivity contribution is 6.31. The SMILES string of the molecule is O=C(C1=C(c2ccc(CCCOc3c(F)ccc(F)c3F)cc2)CCNC1)N(Cc1ccccc1Cl)C1CC1. The lowest BCUT2D eigenvalue weighted by molar-refractivity contribution is -0.128. The minimum Gasteiger partial charge on any atom is -0.488 e. The molecule has 2 aliphatic rings. The average Bonchev–Trinajstić information content (AvgIpc) is 3.80. The zero-order chi connectivity index (χ0) is 27.4. The molecule has 0 bridgehead atoms. The Kier molecular flexibility index (Phi) is 8.58. The number of aryl methyl sites for hydroxylation is 1. The number of nitrogens with zero attached hydrogens (tertiary/aromatic N) is 1. The molecule has 39 heavy (non-hydrogen) atoms. The molecule has 1 N–H and O–H groups in total. The summed E-state index contributed by atoms with van der Waals surface area (Å²) in [7, 11) is 0. The van der Waals surface area contributed by atoms with Crippen molar-refractivity contribution >= 4 is 23.1 Å². The summed E-state index contributed by atoms with van der Waals surface area (Å²) >= 11 is 6.40. The van der Waals surface area contributed by atoms with Gasteiger partial charge in [0.25, 0.3) is 5.91 Å². The van der Waals surface area contributed by atoms with Crippen molar-refractivity contribution < 1.29 is 22.7 Å². The maximum absolute atomic E-state index is 13.8. The van der Waals surface area contributed by atoms with Gasteiger partial charge in [-0.3, -0.25) is 4.79 Å². The van der Waals surface area contributed by atoms with Crippen LogP contribution in [0.15, 0.2) is 66.2 Å². The van der Waals surface area contributed by atoms with E-state index in [0.29, 0.717) is 31.0 Å². The van der Waals surface area contributed by atoms with Crippen LogP contribution in [0.5, 0.6) is 5.75 Å². The van der Waals surface area contributed by atoms with Crippen LogP contribution >= 0.6 is 11.6 Å². The van der Waals surface area contributed by atoms with Crippen LogP contribution in [0.2, 0.25) is 5.02 Å². The second-order valence-corrected chi connectivity index (χ2v) is 10.4. The van der Waals surface area contributed by atoms with E-state index in [1.165, 1.54) is 0 Å². The van der Waals surface area contributed by atoms with Crippen molar-refractivity contribution in [2.45, 2.75) is 44.7 Å². The molecular weight excluding hydrogens is 525 g/mol. The first-order valence-corrected chi connectivity index (χ1v) is 13.6.